The van der Waals surface area contributed by atoms with Crippen LogP contribution in [0.3, 0.4) is 0 Å². The first kappa shape index (κ1) is 18.6. The molecule has 0 saturated carbocycles. The minimum atomic E-state index is -0.0580. The maximum absolute atomic E-state index is 13.0. The predicted octanol–water partition coefficient (Wildman–Crippen LogP) is 5.13. The second-order valence-electron chi connectivity index (χ2n) is 6.79. The number of benzene rings is 3. The van der Waals surface area contributed by atoms with Gasteiger partial charge in [-0.3, -0.25) is 4.79 Å². The summed E-state index contributed by atoms with van der Waals surface area (Å²) in [6, 6.07) is 28.5. The zero-order chi connectivity index (χ0) is 19.3. The number of nitrogens with zero attached hydrogens (tertiary/aromatic N) is 1. The molecule has 3 aromatic rings. The lowest BCUT2D eigenvalue weighted by atomic mass is 9.92. The maximum Gasteiger partial charge on any atom is 0.243 e. The summed E-state index contributed by atoms with van der Waals surface area (Å²) >= 11 is 1.75. The molecule has 0 aliphatic carbocycles. The number of rotatable bonds is 7. The number of anilines is 1. The smallest absolute Gasteiger partial charge is 0.243 e. The van der Waals surface area contributed by atoms with E-state index in [1.54, 1.807) is 18.9 Å². The first-order chi connectivity index (χ1) is 13.8. The molecule has 0 unspecified atom stereocenters. The third-order valence-corrected chi connectivity index (χ3v) is 6.33. The molecular formula is C24H23NO2S. The van der Waals surface area contributed by atoms with E-state index in [1.807, 2.05) is 53.4 Å². The van der Waals surface area contributed by atoms with Crippen molar-refractivity contribution >= 4 is 23.4 Å². The lowest BCUT2D eigenvalue weighted by molar-refractivity contribution is -0.123. The first-order valence-corrected chi connectivity index (χ1v) is 10.5. The van der Waals surface area contributed by atoms with Crippen molar-refractivity contribution in [1.29, 1.82) is 0 Å². The second kappa shape index (κ2) is 8.53. The van der Waals surface area contributed by atoms with Gasteiger partial charge in [0.25, 0.3) is 0 Å². The van der Waals surface area contributed by atoms with Gasteiger partial charge in [0.1, 0.15) is 11.0 Å². The van der Waals surface area contributed by atoms with E-state index in [0.29, 0.717) is 0 Å². The molecule has 1 heterocycles. The molecule has 0 spiro atoms. The van der Waals surface area contributed by atoms with Gasteiger partial charge in [-0.15, -0.1) is 11.8 Å². The molecule has 3 aromatic carbocycles. The Labute approximate surface area is 170 Å². The second-order valence-corrected chi connectivity index (χ2v) is 8.04. The van der Waals surface area contributed by atoms with Crippen LogP contribution in [-0.2, 0) is 11.2 Å². The van der Waals surface area contributed by atoms with E-state index in [0.717, 1.165) is 29.2 Å². The summed E-state index contributed by atoms with van der Waals surface area (Å²) in [5, 5.41) is -0.0580. The molecule has 1 aliphatic heterocycles. The molecule has 1 aliphatic rings. The fourth-order valence-corrected chi connectivity index (χ4v) is 4.90. The van der Waals surface area contributed by atoms with Crippen LogP contribution in [-0.4, -0.2) is 24.0 Å². The highest BCUT2D eigenvalue weighted by Crippen LogP contribution is 2.45. The van der Waals surface area contributed by atoms with Crippen molar-refractivity contribution in [3.8, 4) is 5.75 Å². The number of thioether (sulfide) groups is 1. The van der Waals surface area contributed by atoms with Gasteiger partial charge in [-0.2, -0.15) is 0 Å². The molecule has 1 amide bonds. The zero-order valence-electron chi connectivity index (χ0n) is 15.8. The maximum atomic E-state index is 13.0. The van der Waals surface area contributed by atoms with Crippen LogP contribution in [0.25, 0.3) is 0 Å². The van der Waals surface area contributed by atoms with Crippen LogP contribution in [0.15, 0.2) is 84.9 Å². The quantitative estimate of drug-likeness (QED) is 0.525. The molecule has 0 aromatic heterocycles. The summed E-state index contributed by atoms with van der Waals surface area (Å²) in [7, 11) is 1.67. The summed E-state index contributed by atoms with van der Waals surface area (Å²) < 4.78 is 5.29. The Hall–Kier alpha value is -2.72. The summed E-state index contributed by atoms with van der Waals surface area (Å²) in [5.41, 5.74) is 3.40. The van der Waals surface area contributed by atoms with Gasteiger partial charge in [-0.05, 0) is 47.6 Å². The van der Waals surface area contributed by atoms with Gasteiger partial charge in [0.2, 0.25) is 5.91 Å². The van der Waals surface area contributed by atoms with E-state index >= 15 is 0 Å². The van der Waals surface area contributed by atoms with Crippen LogP contribution in [0.4, 0.5) is 5.69 Å². The fourth-order valence-electron chi connectivity index (χ4n) is 3.57. The summed E-state index contributed by atoms with van der Waals surface area (Å²) in [5.74, 6) is 1.94. The van der Waals surface area contributed by atoms with Crippen LogP contribution >= 0.6 is 11.8 Å². The van der Waals surface area contributed by atoms with E-state index < -0.39 is 0 Å². The van der Waals surface area contributed by atoms with E-state index in [4.69, 9.17) is 4.74 Å². The summed E-state index contributed by atoms with van der Waals surface area (Å²) in [6.45, 7) is 0. The predicted molar refractivity (Wildman–Crippen MR) is 116 cm³/mol. The largest absolute Gasteiger partial charge is 0.497 e. The lowest BCUT2D eigenvalue weighted by Crippen LogP contribution is -2.57. The molecule has 1 saturated heterocycles. The van der Waals surface area contributed by atoms with Gasteiger partial charge in [-0.1, -0.05) is 60.7 Å². The van der Waals surface area contributed by atoms with Crippen LogP contribution in [0.1, 0.15) is 17.2 Å². The normalized spacial score (nSPS) is 18.6. The van der Waals surface area contributed by atoms with Gasteiger partial charge in [0.15, 0.2) is 0 Å². The monoisotopic (exact) mass is 389 g/mol. The number of methoxy groups -OCH3 is 1. The number of carbonyl (C=O) groups excluding carboxylic acids is 1. The Balaban J connectivity index is 1.53. The molecule has 142 valence electrons. The Kier molecular flexibility index (Phi) is 5.68. The molecule has 4 heteroatoms. The molecule has 4 rings (SSSR count). The number of carbonyl (C=O) groups is 1. The van der Waals surface area contributed by atoms with Gasteiger partial charge >= 0.3 is 0 Å². The third kappa shape index (κ3) is 3.78. The highest BCUT2D eigenvalue weighted by Gasteiger charge is 2.48. The van der Waals surface area contributed by atoms with E-state index in [1.165, 1.54) is 5.56 Å². The van der Waals surface area contributed by atoms with Crippen molar-refractivity contribution in [2.75, 3.05) is 17.8 Å². The summed E-state index contributed by atoms with van der Waals surface area (Å²) in [6.07, 6.45) is 0.968. The van der Waals surface area contributed by atoms with E-state index in [-0.39, 0.29) is 17.2 Å². The molecule has 3 nitrogen and oxygen atoms in total. The van der Waals surface area contributed by atoms with E-state index in [9.17, 15) is 4.79 Å². The molecule has 0 N–H and O–H groups in total. The van der Waals surface area contributed by atoms with Gasteiger partial charge in [0, 0.05) is 5.69 Å². The average Bonchev–Trinajstić information content (AvgIpc) is 2.76. The number of hydrogen-bond donors (Lipinski definition) is 0. The van der Waals surface area contributed by atoms with Crippen molar-refractivity contribution < 1.29 is 9.53 Å². The SMILES string of the molecule is COc1ccc([C@H]2[C@H](SCCc3ccccc3)C(=O)N2c2ccccc2)cc1. The molecule has 2 atom stereocenters. The number of ether oxygens (including phenoxy) is 1. The highest BCUT2D eigenvalue weighted by atomic mass is 32.2. The zero-order valence-corrected chi connectivity index (χ0v) is 16.6. The number of aryl methyl sites for hydroxylation is 1. The van der Waals surface area contributed by atoms with Gasteiger partial charge in [-0.25, -0.2) is 0 Å². The van der Waals surface area contributed by atoms with Crippen LogP contribution in [0, 0.1) is 0 Å². The molecule has 1 fully saturated rings. The minimum absolute atomic E-state index is 0.0431. The fraction of sp³-hybridized carbons (Fsp3) is 0.208. The lowest BCUT2D eigenvalue weighted by Gasteiger charge is -2.47. The molecule has 0 radical (unpaired) electrons. The molecule has 28 heavy (non-hydrogen) atoms. The van der Waals surface area contributed by atoms with Crippen molar-refractivity contribution in [3.05, 3.63) is 96.1 Å². The first-order valence-electron chi connectivity index (χ1n) is 9.45. The van der Waals surface area contributed by atoms with Crippen molar-refractivity contribution in [3.63, 3.8) is 0 Å². The standard InChI is InChI=1S/C24H23NO2S/c1-27-21-14-12-19(13-15-21)22-23(28-17-16-18-8-4-2-5-9-18)24(26)25(22)20-10-6-3-7-11-20/h2-15,22-23H,16-17H2,1H3/t22-,23-/m0/s1. The highest BCUT2D eigenvalue weighted by molar-refractivity contribution is 8.00. The van der Waals surface area contributed by atoms with Crippen LogP contribution < -0.4 is 9.64 Å². The van der Waals surface area contributed by atoms with Crippen molar-refractivity contribution in [2.24, 2.45) is 0 Å². The number of amides is 1. The van der Waals surface area contributed by atoms with Crippen LogP contribution in [0.5, 0.6) is 5.75 Å². The van der Waals surface area contributed by atoms with Gasteiger partial charge in [0.05, 0.1) is 13.2 Å². The third-order valence-electron chi connectivity index (χ3n) is 5.07. The Morgan fingerprint density at radius 2 is 1.54 bits per heavy atom. The van der Waals surface area contributed by atoms with Crippen LogP contribution in [0.2, 0.25) is 0 Å². The van der Waals surface area contributed by atoms with Crippen molar-refractivity contribution in [2.45, 2.75) is 17.7 Å². The number of hydrogen-bond acceptors (Lipinski definition) is 3. The topological polar surface area (TPSA) is 29.5 Å². The average molecular weight is 390 g/mol. The number of β-lactam (4-membered cyclic amide) rings is 1. The molecular weight excluding hydrogens is 366 g/mol. The Morgan fingerprint density at radius 1 is 0.893 bits per heavy atom. The van der Waals surface area contributed by atoms with Gasteiger partial charge < -0.3 is 9.64 Å². The Morgan fingerprint density at radius 3 is 2.18 bits per heavy atom. The van der Waals surface area contributed by atoms with E-state index in [2.05, 4.69) is 36.4 Å². The number of para-hydroxylation sites is 1. The molecule has 0 bridgehead atoms. The summed E-state index contributed by atoms with van der Waals surface area (Å²) in [4.78, 5) is 14.9. The minimum Gasteiger partial charge on any atom is -0.497 e. The van der Waals surface area contributed by atoms with Crippen molar-refractivity contribution in [1.82, 2.24) is 0 Å². The Bertz CT molecular complexity index is 912.